The number of hydrogen-bond acceptors (Lipinski definition) is 6. The summed E-state index contributed by atoms with van der Waals surface area (Å²) in [5.74, 6) is 0.925. The summed E-state index contributed by atoms with van der Waals surface area (Å²) in [6, 6.07) is 10.9. The van der Waals surface area contributed by atoms with Gasteiger partial charge in [-0.25, -0.2) is 4.98 Å². The highest BCUT2D eigenvalue weighted by molar-refractivity contribution is 7.19. The van der Waals surface area contributed by atoms with Crippen LogP contribution in [0.25, 0.3) is 10.4 Å². The molecule has 136 valence electrons. The van der Waals surface area contributed by atoms with Gasteiger partial charge in [-0.3, -0.25) is 0 Å². The maximum atomic E-state index is 5.91. The Bertz CT molecular complexity index is 814. The standard InChI is InChI=1S/C20H23N3OS2/c1-23-10-2-3-17(23)8-11-24-18-6-4-16(5-7-18)22-20-21-13-19(26-20)15-9-12-25-14-15/h4-7,9,12-14,17H,2-3,8,10-11H2,1H3,(H,21,22). The summed E-state index contributed by atoms with van der Waals surface area (Å²) < 4.78 is 5.91. The van der Waals surface area contributed by atoms with E-state index in [4.69, 9.17) is 4.74 Å². The summed E-state index contributed by atoms with van der Waals surface area (Å²) in [6.07, 6.45) is 5.63. The van der Waals surface area contributed by atoms with E-state index in [2.05, 4.69) is 39.1 Å². The van der Waals surface area contributed by atoms with Crippen molar-refractivity contribution >= 4 is 33.5 Å². The van der Waals surface area contributed by atoms with E-state index in [1.54, 1.807) is 22.7 Å². The van der Waals surface area contributed by atoms with E-state index in [0.717, 1.165) is 29.6 Å². The number of aromatic nitrogens is 1. The fourth-order valence-corrected chi connectivity index (χ4v) is 4.85. The number of nitrogens with one attached hydrogen (secondary N) is 1. The Morgan fingerprint density at radius 2 is 2.15 bits per heavy atom. The maximum absolute atomic E-state index is 5.91. The van der Waals surface area contributed by atoms with Gasteiger partial charge in [0, 0.05) is 23.5 Å². The summed E-state index contributed by atoms with van der Waals surface area (Å²) in [5.41, 5.74) is 2.26. The van der Waals surface area contributed by atoms with Crippen LogP contribution in [-0.4, -0.2) is 36.1 Å². The normalized spacial score (nSPS) is 17.5. The monoisotopic (exact) mass is 385 g/mol. The van der Waals surface area contributed by atoms with Crippen LogP contribution in [0, 0.1) is 0 Å². The van der Waals surface area contributed by atoms with Gasteiger partial charge in [-0.1, -0.05) is 11.3 Å². The van der Waals surface area contributed by atoms with Crippen molar-refractivity contribution in [2.75, 3.05) is 25.5 Å². The number of benzene rings is 1. The molecule has 0 amide bonds. The van der Waals surface area contributed by atoms with E-state index in [1.807, 2.05) is 30.5 Å². The van der Waals surface area contributed by atoms with E-state index in [9.17, 15) is 0 Å². The Hall–Kier alpha value is -1.89. The SMILES string of the molecule is CN1CCCC1CCOc1ccc(Nc2ncc(-c3ccsc3)s2)cc1. The lowest BCUT2D eigenvalue weighted by molar-refractivity contribution is 0.233. The first-order valence-corrected chi connectivity index (χ1v) is 10.7. The van der Waals surface area contributed by atoms with Crippen molar-refractivity contribution in [3.8, 4) is 16.2 Å². The van der Waals surface area contributed by atoms with E-state index in [1.165, 1.54) is 29.8 Å². The van der Waals surface area contributed by atoms with Crippen molar-refractivity contribution in [2.45, 2.75) is 25.3 Å². The molecule has 1 saturated heterocycles. The molecule has 0 radical (unpaired) electrons. The Balaban J connectivity index is 1.29. The van der Waals surface area contributed by atoms with E-state index in [-0.39, 0.29) is 0 Å². The molecule has 0 bridgehead atoms. The molecule has 4 rings (SSSR count). The summed E-state index contributed by atoms with van der Waals surface area (Å²) in [5, 5.41) is 8.51. The van der Waals surface area contributed by atoms with Gasteiger partial charge in [0.25, 0.3) is 0 Å². The van der Waals surface area contributed by atoms with Gasteiger partial charge in [0.1, 0.15) is 5.75 Å². The van der Waals surface area contributed by atoms with Crippen molar-refractivity contribution in [3.05, 3.63) is 47.3 Å². The molecule has 0 saturated carbocycles. The van der Waals surface area contributed by atoms with Crippen molar-refractivity contribution in [3.63, 3.8) is 0 Å². The highest BCUT2D eigenvalue weighted by Crippen LogP contribution is 2.32. The first kappa shape index (κ1) is 17.5. The summed E-state index contributed by atoms with van der Waals surface area (Å²) in [4.78, 5) is 8.09. The summed E-state index contributed by atoms with van der Waals surface area (Å²) in [7, 11) is 2.21. The molecule has 1 atom stereocenters. The van der Waals surface area contributed by atoms with Crippen LogP contribution in [0.15, 0.2) is 47.3 Å². The molecule has 3 heterocycles. The van der Waals surface area contributed by atoms with Gasteiger partial charge in [-0.2, -0.15) is 11.3 Å². The quantitative estimate of drug-likeness (QED) is 0.584. The second-order valence-electron chi connectivity index (χ2n) is 6.60. The number of nitrogens with zero attached hydrogens (tertiary/aromatic N) is 2. The van der Waals surface area contributed by atoms with Crippen molar-refractivity contribution < 1.29 is 4.74 Å². The van der Waals surface area contributed by atoms with Crippen LogP contribution in [0.1, 0.15) is 19.3 Å². The van der Waals surface area contributed by atoms with Gasteiger partial charge in [0.05, 0.1) is 11.5 Å². The Kier molecular flexibility index (Phi) is 5.53. The largest absolute Gasteiger partial charge is 0.494 e. The smallest absolute Gasteiger partial charge is 0.187 e. The number of hydrogen-bond donors (Lipinski definition) is 1. The van der Waals surface area contributed by atoms with Crippen molar-refractivity contribution in [1.29, 1.82) is 0 Å². The predicted molar refractivity (Wildman–Crippen MR) is 111 cm³/mol. The van der Waals surface area contributed by atoms with Gasteiger partial charge >= 0.3 is 0 Å². The average molecular weight is 386 g/mol. The number of thiazole rings is 1. The second-order valence-corrected chi connectivity index (χ2v) is 8.42. The zero-order chi connectivity index (χ0) is 17.8. The third-order valence-corrected chi connectivity index (χ3v) is 6.45. The van der Waals surface area contributed by atoms with Crippen molar-refractivity contribution in [1.82, 2.24) is 9.88 Å². The molecule has 1 fully saturated rings. The topological polar surface area (TPSA) is 37.4 Å². The van der Waals surface area contributed by atoms with E-state index >= 15 is 0 Å². The van der Waals surface area contributed by atoms with Crippen LogP contribution in [0.2, 0.25) is 0 Å². The molecule has 4 nitrogen and oxygen atoms in total. The minimum Gasteiger partial charge on any atom is -0.494 e. The maximum Gasteiger partial charge on any atom is 0.187 e. The van der Waals surface area contributed by atoms with Gasteiger partial charge in [0.15, 0.2) is 5.13 Å². The van der Waals surface area contributed by atoms with Gasteiger partial charge in [-0.05, 0) is 73.9 Å². The van der Waals surface area contributed by atoms with Crippen LogP contribution in [0.4, 0.5) is 10.8 Å². The number of likely N-dealkylation sites (tertiary alicyclic amines) is 1. The second kappa shape index (κ2) is 8.20. The predicted octanol–water partition coefficient (Wildman–Crippen LogP) is 5.48. The summed E-state index contributed by atoms with van der Waals surface area (Å²) >= 11 is 3.37. The third-order valence-electron chi connectivity index (χ3n) is 4.81. The van der Waals surface area contributed by atoms with Crippen LogP contribution >= 0.6 is 22.7 Å². The molecular formula is C20H23N3OS2. The number of anilines is 2. The molecule has 1 unspecified atom stereocenters. The van der Waals surface area contributed by atoms with Crippen molar-refractivity contribution in [2.24, 2.45) is 0 Å². The van der Waals surface area contributed by atoms with E-state index in [0.29, 0.717) is 6.04 Å². The third kappa shape index (κ3) is 4.26. The van der Waals surface area contributed by atoms with Crippen LogP contribution in [0.5, 0.6) is 5.75 Å². The minimum atomic E-state index is 0.679. The fraction of sp³-hybridized carbons (Fsp3) is 0.350. The molecule has 0 spiro atoms. The fourth-order valence-electron chi connectivity index (χ4n) is 3.28. The number of ether oxygens (including phenoxy) is 1. The molecule has 1 aliphatic rings. The highest BCUT2D eigenvalue weighted by Gasteiger charge is 2.20. The Labute approximate surface area is 162 Å². The lowest BCUT2D eigenvalue weighted by Gasteiger charge is -2.19. The minimum absolute atomic E-state index is 0.679. The van der Waals surface area contributed by atoms with Gasteiger partial charge in [-0.15, -0.1) is 0 Å². The molecule has 0 aliphatic carbocycles. The molecule has 1 aliphatic heterocycles. The highest BCUT2D eigenvalue weighted by atomic mass is 32.1. The van der Waals surface area contributed by atoms with Crippen LogP contribution in [-0.2, 0) is 0 Å². The molecular weight excluding hydrogens is 362 g/mol. The van der Waals surface area contributed by atoms with Gasteiger partial charge in [0.2, 0.25) is 0 Å². The molecule has 2 aromatic heterocycles. The first-order chi connectivity index (χ1) is 12.8. The first-order valence-electron chi connectivity index (χ1n) is 8.96. The van der Waals surface area contributed by atoms with E-state index < -0.39 is 0 Å². The molecule has 26 heavy (non-hydrogen) atoms. The Morgan fingerprint density at radius 1 is 1.27 bits per heavy atom. The molecule has 1 N–H and O–H groups in total. The molecule has 3 aromatic rings. The van der Waals surface area contributed by atoms with Crippen LogP contribution < -0.4 is 10.1 Å². The Morgan fingerprint density at radius 3 is 2.88 bits per heavy atom. The zero-order valence-electron chi connectivity index (χ0n) is 14.9. The van der Waals surface area contributed by atoms with Gasteiger partial charge < -0.3 is 15.0 Å². The number of rotatable bonds is 7. The molecule has 1 aromatic carbocycles. The summed E-state index contributed by atoms with van der Waals surface area (Å²) in [6.45, 7) is 1.99. The lowest BCUT2D eigenvalue weighted by atomic mass is 10.1. The number of thiophene rings is 1. The lowest BCUT2D eigenvalue weighted by Crippen LogP contribution is -2.26. The van der Waals surface area contributed by atoms with Crippen LogP contribution in [0.3, 0.4) is 0 Å². The zero-order valence-corrected chi connectivity index (χ0v) is 16.5. The molecule has 6 heteroatoms. The average Bonchev–Trinajstić information content (AvgIpc) is 3.39.